The molecule has 0 unspecified atom stereocenters. The lowest BCUT2D eigenvalue weighted by Crippen LogP contribution is -2.19. The van der Waals surface area contributed by atoms with E-state index in [2.05, 4.69) is 17.4 Å². The van der Waals surface area contributed by atoms with E-state index in [1.54, 1.807) is 6.92 Å². The standard InChI is InChI=1S/C5H8NO2S/c1-2-8-5(7)4(6)3-9/h9H,2-3H2,1H3. The summed E-state index contributed by atoms with van der Waals surface area (Å²) in [7, 11) is 0. The molecule has 0 heterocycles. The summed E-state index contributed by atoms with van der Waals surface area (Å²) >= 11 is 3.66. The molecule has 0 saturated carbocycles. The molecule has 0 aliphatic heterocycles. The van der Waals surface area contributed by atoms with Gasteiger partial charge in [0.05, 0.1) is 6.61 Å². The molecule has 0 aliphatic rings. The van der Waals surface area contributed by atoms with Crippen molar-refractivity contribution in [3.63, 3.8) is 0 Å². The summed E-state index contributed by atoms with van der Waals surface area (Å²) in [6.45, 7) is 1.94. The fourth-order valence-corrected chi connectivity index (χ4v) is 0.408. The van der Waals surface area contributed by atoms with E-state index in [1.807, 2.05) is 0 Å². The number of carbonyl (C=O) groups excluding carboxylic acids is 1. The number of thiol groups is 1. The van der Waals surface area contributed by atoms with E-state index in [-0.39, 0.29) is 18.1 Å². The molecular formula is C5H8NO2S. The minimum atomic E-state index is -0.687. The maximum Gasteiger partial charge on any atom is 0.355 e. The highest BCUT2D eigenvalue weighted by molar-refractivity contribution is 7.81. The van der Waals surface area contributed by atoms with Gasteiger partial charge in [0.25, 0.3) is 0 Å². The van der Waals surface area contributed by atoms with Gasteiger partial charge in [0.1, 0.15) is 0 Å². The third kappa shape index (κ3) is 3.13. The number of rotatable bonds is 3. The Morgan fingerprint density at radius 2 is 2.33 bits per heavy atom. The van der Waals surface area contributed by atoms with Gasteiger partial charge in [-0.2, -0.15) is 12.6 Å². The van der Waals surface area contributed by atoms with Crippen molar-refractivity contribution in [1.82, 2.24) is 5.41 Å². The van der Waals surface area contributed by atoms with Gasteiger partial charge in [-0.05, 0) is 6.92 Å². The van der Waals surface area contributed by atoms with Crippen LogP contribution in [-0.2, 0) is 9.53 Å². The second kappa shape index (κ2) is 4.38. The second-order valence-corrected chi connectivity index (χ2v) is 1.64. The third-order valence-electron chi connectivity index (χ3n) is 0.661. The average Bonchev–Trinajstić information content (AvgIpc) is 1.87. The first-order valence-electron chi connectivity index (χ1n) is 2.55. The van der Waals surface area contributed by atoms with Gasteiger partial charge in [-0.25, -0.2) is 4.79 Å². The summed E-state index contributed by atoms with van der Waals surface area (Å²) in [6, 6.07) is 0. The van der Waals surface area contributed by atoms with Crippen LogP contribution in [0.1, 0.15) is 6.92 Å². The molecule has 1 radical (unpaired) electrons. The molecule has 0 aromatic heterocycles. The summed E-state index contributed by atoms with van der Waals surface area (Å²) < 4.78 is 4.42. The van der Waals surface area contributed by atoms with E-state index in [0.29, 0.717) is 0 Å². The molecule has 0 fully saturated rings. The van der Waals surface area contributed by atoms with Crippen LogP contribution in [0.2, 0.25) is 0 Å². The zero-order chi connectivity index (χ0) is 7.28. The van der Waals surface area contributed by atoms with Crippen LogP contribution in [0.25, 0.3) is 0 Å². The fraction of sp³-hybridized carbons (Fsp3) is 0.600. The Morgan fingerprint density at radius 1 is 1.78 bits per heavy atom. The molecule has 0 N–H and O–H groups in total. The van der Waals surface area contributed by atoms with Crippen LogP contribution in [-0.4, -0.2) is 24.0 Å². The predicted octanol–water partition coefficient (Wildman–Crippen LogP) is -0.280. The first kappa shape index (κ1) is 8.49. The molecule has 3 nitrogen and oxygen atoms in total. The highest BCUT2D eigenvalue weighted by Crippen LogP contribution is 1.82. The quantitative estimate of drug-likeness (QED) is 0.338. The molecule has 0 spiro atoms. The number of hydrogen-bond donors (Lipinski definition) is 1. The van der Waals surface area contributed by atoms with Crippen molar-refractivity contribution in [2.24, 2.45) is 0 Å². The second-order valence-electron chi connectivity index (χ2n) is 1.33. The lowest BCUT2D eigenvalue weighted by Gasteiger charge is -1.97. The smallest absolute Gasteiger partial charge is 0.355 e. The van der Waals surface area contributed by atoms with Crippen LogP contribution >= 0.6 is 12.6 Å². The van der Waals surface area contributed by atoms with Crippen LogP contribution in [0.3, 0.4) is 0 Å². The van der Waals surface area contributed by atoms with Gasteiger partial charge < -0.3 is 4.74 Å². The molecule has 0 aliphatic carbocycles. The largest absolute Gasteiger partial charge is 0.461 e. The minimum absolute atomic E-state index is 0.0266. The van der Waals surface area contributed by atoms with Crippen molar-refractivity contribution < 1.29 is 9.53 Å². The van der Waals surface area contributed by atoms with Crippen molar-refractivity contribution in [2.45, 2.75) is 6.92 Å². The number of nitrogens with zero attached hydrogens (tertiary/aromatic N) is 1. The van der Waals surface area contributed by atoms with E-state index >= 15 is 0 Å². The van der Waals surface area contributed by atoms with Crippen molar-refractivity contribution in [3.05, 3.63) is 0 Å². The van der Waals surface area contributed by atoms with Gasteiger partial charge in [0.15, 0.2) is 5.71 Å². The first-order valence-corrected chi connectivity index (χ1v) is 3.18. The van der Waals surface area contributed by atoms with Crippen molar-refractivity contribution in [2.75, 3.05) is 12.4 Å². The Hall–Kier alpha value is -0.510. The molecule has 0 atom stereocenters. The van der Waals surface area contributed by atoms with E-state index < -0.39 is 5.97 Å². The highest BCUT2D eigenvalue weighted by atomic mass is 32.1. The van der Waals surface area contributed by atoms with Gasteiger partial charge in [-0.3, -0.25) is 0 Å². The first-order chi connectivity index (χ1) is 4.22. The Morgan fingerprint density at radius 3 is 2.67 bits per heavy atom. The predicted molar refractivity (Wildman–Crippen MR) is 37.6 cm³/mol. The Kier molecular flexibility index (Phi) is 4.13. The monoisotopic (exact) mass is 146 g/mol. The Bertz CT molecular complexity index is 124. The van der Waals surface area contributed by atoms with Gasteiger partial charge in [0, 0.05) is 5.75 Å². The SMILES string of the molecule is CCOC(=O)C(=[N])CS. The Labute approximate surface area is 59.3 Å². The number of hydrogen-bond acceptors (Lipinski definition) is 3. The molecule has 0 amide bonds. The number of esters is 1. The molecular weight excluding hydrogens is 138 g/mol. The van der Waals surface area contributed by atoms with Crippen LogP contribution in [0.4, 0.5) is 0 Å². The lowest BCUT2D eigenvalue weighted by molar-refractivity contribution is -0.135. The van der Waals surface area contributed by atoms with Crippen LogP contribution in [0.5, 0.6) is 0 Å². The Balaban J connectivity index is 3.60. The summed E-state index contributed by atoms with van der Waals surface area (Å²) in [6.07, 6.45) is 0. The molecule has 0 bridgehead atoms. The molecule has 51 valence electrons. The molecule has 0 rings (SSSR count). The third-order valence-corrected chi connectivity index (χ3v) is 0.960. The summed E-state index contributed by atoms with van der Waals surface area (Å²) in [5.74, 6) is -0.661. The minimum Gasteiger partial charge on any atom is -0.461 e. The van der Waals surface area contributed by atoms with Gasteiger partial charge in [-0.15, -0.1) is 5.41 Å². The maximum atomic E-state index is 10.4. The van der Waals surface area contributed by atoms with Crippen LogP contribution < -0.4 is 5.41 Å². The van der Waals surface area contributed by atoms with Crippen molar-refractivity contribution in [3.8, 4) is 0 Å². The fourth-order valence-electron chi connectivity index (χ4n) is 0.279. The van der Waals surface area contributed by atoms with E-state index in [1.165, 1.54) is 0 Å². The highest BCUT2D eigenvalue weighted by Gasteiger charge is 2.07. The zero-order valence-corrected chi connectivity index (χ0v) is 6.02. The zero-order valence-electron chi connectivity index (χ0n) is 5.13. The number of ether oxygens (including phenoxy) is 1. The molecule has 9 heavy (non-hydrogen) atoms. The number of carbonyl (C=O) groups is 1. The summed E-state index contributed by atoms with van der Waals surface area (Å²) in [5, 5.41) is 8.62. The summed E-state index contributed by atoms with van der Waals surface area (Å²) in [5.41, 5.74) is -0.347. The normalized spacial score (nSPS) is 8.67. The van der Waals surface area contributed by atoms with E-state index in [9.17, 15) is 4.79 Å². The van der Waals surface area contributed by atoms with E-state index in [4.69, 9.17) is 5.41 Å². The molecule has 0 aromatic carbocycles. The molecule has 4 heteroatoms. The molecule has 0 aromatic rings. The van der Waals surface area contributed by atoms with Gasteiger partial charge in [-0.1, -0.05) is 0 Å². The average molecular weight is 146 g/mol. The summed E-state index contributed by atoms with van der Waals surface area (Å²) in [4.78, 5) is 10.4. The lowest BCUT2D eigenvalue weighted by atomic mass is 10.4. The van der Waals surface area contributed by atoms with Gasteiger partial charge in [0.2, 0.25) is 0 Å². The van der Waals surface area contributed by atoms with Crippen LogP contribution in [0, 0.1) is 0 Å². The molecule has 0 saturated heterocycles. The van der Waals surface area contributed by atoms with Gasteiger partial charge >= 0.3 is 5.97 Å². The van der Waals surface area contributed by atoms with Crippen molar-refractivity contribution >= 4 is 24.3 Å². The van der Waals surface area contributed by atoms with Crippen molar-refractivity contribution in [1.29, 1.82) is 0 Å². The topological polar surface area (TPSA) is 48.6 Å². The van der Waals surface area contributed by atoms with E-state index in [0.717, 1.165) is 0 Å². The maximum absolute atomic E-state index is 10.4. The van der Waals surface area contributed by atoms with Crippen LogP contribution in [0.15, 0.2) is 0 Å².